The molecule has 0 radical (unpaired) electrons. The van der Waals surface area contributed by atoms with Crippen LogP contribution in [0.5, 0.6) is 0 Å². The topological polar surface area (TPSA) is 96.0 Å². The van der Waals surface area contributed by atoms with Gasteiger partial charge in [-0.2, -0.15) is 0 Å². The number of H-pyrrole nitrogens is 1. The average molecular weight is 394 g/mol. The third kappa shape index (κ3) is 4.37. The van der Waals surface area contributed by atoms with Crippen molar-refractivity contribution in [2.24, 2.45) is 0 Å². The normalized spacial score (nSPS) is 17.4. The Morgan fingerprint density at radius 2 is 2.10 bits per heavy atom. The summed E-state index contributed by atoms with van der Waals surface area (Å²) in [5.41, 5.74) is 2.40. The van der Waals surface area contributed by atoms with Crippen molar-refractivity contribution in [2.75, 3.05) is 31.1 Å². The summed E-state index contributed by atoms with van der Waals surface area (Å²) in [6.07, 6.45) is 3.47. The summed E-state index contributed by atoms with van der Waals surface area (Å²) in [7, 11) is 0. The van der Waals surface area contributed by atoms with E-state index in [2.05, 4.69) is 56.1 Å². The van der Waals surface area contributed by atoms with Gasteiger partial charge in [0, 0.05) is 26.1 Å². The maximum absolute atomic E-state index is 12.6. The average Bonchev–Trinajstić information content (AvgIpc) is 3.22. The van der Waals surface area contributed by atoms with Crippen LogP contribution in [0.4, 0.5) is 5.82 Å². The molecule has 1 amide bonds. The third-order valence-corrected chi connectivity index (χ3v) is 5.33. The summed E-state index contributed by atoms with van der Waals surface area (Å²) in [6.45, 7) is 6.61. The lowest BCUT2D eigenvalue weighted by molar-refractivity contribution is -0.122. The van der Waals surface area contributed by atoms with Crippen LogP contribution >= 0.6 is 0 Å². The van der Waals surface area contributed by atoms with Crippen LogP contribution < -0.4 is 10.2 Å². The second-order valence-electron chi connectivity index (χ2n) is 7.97. The van der Waals surface area contributed by atoms with Crippen LogP contribution in [-0.2, 0) is 14.9 Å². The molecule has 0 spiro atoms. The van der Waals surface area contributed by atoms with E-state index in [1.807, 2.05) is 18.2 Å². The summed E-state index contributed by atoms with van der Waals surface area (Å²) < 4.78 is 5.86. The Kier molecular flexibility index (Phi) is 5.44. The molecule has 2 aromatic heterocycles. The molecule has 1 saturated heterocycles. The van der Waals surface area contributed by atoms with Crippen molar-refractivity contribution in [3.8, 4) is 0 Å². The number of hydrogen-bond acceptors (Lipinski definition) is 6. The van der Waals surface area contributed by atoms with Crippen molar-refractivity contribution in [2.45, 2.75) is 31.8 Å². The van der Waals surface area contributed by atoms with E-state index < -0.39 is 0 Å². The van der Waals surface area contributed by atoms with Gasteiger partial charge in [0.15, 0.2) is 11.5 Å². The number of rotatable bonds is 6. The Hall–Kier alpha value is -3.00. The monoisotopic (exact) mass is 394 g/mol. The van der Waals surface area contributed by atoms with Crippen molar-refractivity contribution >= 4 is 22.9 Å². The second-order valence-corrected chi connectivity index (χ2v) is 7.97. The smallest absolute Gasteiger partial charge is 0.220 e. The van der Waals surface area contributed by atoms with Crippen LogP contribution in [0.1, 0.15) is 25.8 Å². The number of amides is 1. The summed E-state index contributed by atoms with van der Waals surface area (Å²) in [5, 5.41) is 3.04. The number of fused-ring (bicyclic) bond motifs is 1. The molecule has 8 heteroatoms. The van der Waals surface area contributed by atoms with Crippen molar-refractivity contribution in [1.29, 1.82) is 0 Å². The molecule has 3 aromatic rings. The molecule has 2 N–H and O–H groups in total. The van der Waals surface area contributed by atoms with Gasteiger partial charge in [-0.05, 0) is 11.0 Å². The predicted molar refractivity (Wildman–Crippen MR) is 111 cm³/mol. The molecule has 152 valence electrons. The third-order valence-electron chi connectivity index (χ3n) is 5.33. The van der Waals surface area contributed by atoms with Crippen molar-refractivity contribution in [3.63, 3.8) is 0 Å². The highest BCUT2D eigenvalue weighted by Gasteiger charge is 2.27. The number of ether oxygens (including phenoxy) is 1. The molecular formula is C21H26N6O2. The number of imidazole rings is 1. The standard InChI is InChI=1S/C21H26N6O2/c1-21(2,15-6-4-3-5-7-15)10-17(28)22-11-16-12-27(8-9-29-16)20-18-19(24-13-23-18)25-14-26-20/h3-7,13-14,16H,8-12H2,1-2H3,(H,22,28)(H,23,24,25,26)/t16-/m0/s1. The first-order chi connectivity index (χ1) is 14.0. The molecule has 1 aliphatic rings. The number of anilines is 1. The molecular weight excluding hydrogens is 368 g/mol. The maximum Gasteiger partial charge on any atom is 0.220 e. The SMILES string of the molecule is CC(C)(CC(=O)NC[C@H]1CN(c2ncnc3nc[nH]c23)CCO1)c1ccccc1. The maximum atomic E-state index is 12.6. The second kappa shape index (κ2) is 8.16. The number of aromatic nitrogens is 4. The van der Waals surface area contributed by atoms with E-state index in [-0.39, 0.29) is 17.4 Å². The molecule has 1 atom stereocenters. The molecule has 0 unspecified atom stereocenters. The summed E-state index contributed by atoms with van der Waals surface area (Å²) in [6, 6.07) is 10.1. The van der Waals surface area contributed by atoms with Gasteiger partial charge in [-0.15, -0.1) is 0 Å². The van der Waals surface area contributed by atoms with Crippen molar-refractivity contribution in [3.05, 3.63) is 48.5 Å². The number of hydrogen-bond donors (Lipinski definition) is 2. The van der Waals surface area contributed by atoms with Gasteiger partial charge in [-0.1, -0.05) is 44.2 Å². The molecule has 8 nitrogen and oxygen atoms in total. The largest absolute Gasteiger partial charge is 0.373 e. The highest BCUT2D eigenvalue weighted by molar-refractivity contribution is 5.82. The van der Waals surface area contributed by atoms with E-state index >= 15 is 0 Å². The number of carbonyl (C=O) groups excluding carboxylic acids is 1. The van der Waals surface area contributed by atoms with Gasteiger partial charge in [0.2, 0.25) is 5.91 Å². The van der Waals surface area contributed by atoms with Crippen LogP contribution in [0.3, 0.4) is 0 Å². The highest BCUT2D eigenvalue weighted by Crippen LogP contribution is 2.26. The van der Waals surface area contributed by atoms with Crippen LogP contribution in [0, 0.1) is 0 Å². The van der Waals surface area contributed by atoms with Crippen LogP contribution in [-0.4, -0.2) is 58.2 Å². The molecule has 1 aliphatic heterocycles. The molecule has 0 saturated carbocycles. The molecule has 3 heterocycles. The first-order valence-corrected chi connectivity index (χ1v) is 9.86. The highest BCUT2D eigenvalue weighted by atomic mass is 16.5. The van der Waals surface area contributed by atoms with Gasteiger partial charge < -0.3 is 19.9 Å². The van der Waals surface area contributed by atoms with Gasteiger partial charge in [0.05, 0.1) is 19.0 Å². The Bertz CT molecular complexity index is 971. The molecule has 1 aromatic carbocycles. The first-order valence-electron chi connectivity index (χ1n) is 9.86. The minimum absolute atomic E-state index is 0.0255. The number of nitrogens with one attached hydrogen (secondary N) is 2. The zero-order valence-electron chi connectivity index (χ0n) is 16.8. The Labute approximate surface area is 169 Å². The quantitative estimate of drug-likeness (QED) is 0.664. The fraction of sp³-hybridized carbons (Fsp3) is 0.429. The van der Waals surface area contributed by atoms with Gasteiger partial charge in [0.25, 0.3) is 0 Å². The summed E-state index contributed by atoms with van der Waals surface area (Å²) >= 11 is 0. The number of benzene rings is 1. The van der Waals surface area contributed by atoms with E-state index in [0.29, 0.717) is 31.8 Å². The minimum atomic E-state index is -0.224. The van der Waals surface area contributed by atoms with E-state index in [0.717, 1.165) is 23.4 Å². The van der Waals surface area contributed by atoms with Crippen LogP contribution in [0.2, 0.25) is 0 Å². The van der Waals surface area contributed by atoms with Gasteiger partial charge in [0.1, 0.15) is 11.8 Å². The van der Waals surface area contributed by atoms with Crippen LogP contribution in [0.25, 0.3) is 11.2 Å². The Morgan fingerprint density at radius 3 is 2.93 bits per heavy atom. The van der Waals surface area contributed by atoms with Gasteiger partial charge >= 0.3 is 0 Å². The molecule has 0 aliphatic carbocycles. The lowest BCUT2D eigenvalue weighted by Gasteiger charge is -2.34. The fourth-order valence-electron chi connectivity index (χ4n) is 3.71. The summed E-state index contributed by atoms with van der Waals surface area (Å²) in [5.74, 6) is 0.843. The summed E-state index contributed by atoms with van der Waals surface area (Å²) in [4.78, 5) is 30.6. The van der Waals surface area contributed by atoms with Crippen LogP contribution in [0.15, 0.2) is 43.0 Å². The van der Waals surface area contributed by atoms with E-state index in [1.165, 1.54) is 6.33 Å². The zero-order chi connectivity index (χ0) is 20.3. The fourth-order valence-corrected chi connectivity index (χ4v) is 3.71. The van der Waals surface area contributed by atoms with E-state index in [9.17, 15) is 4.79 Å². The molecule has 29 heavy (non-hydrogen) atoms. The number of nitrogens with zero attached hydrogens (tertiary/aromatic N) is 4. The lowest BCUT2D eigenvalue weighted by atomic mass is 9.81. The van der Waals surface area contributed by atoms with E-state index in [4.69, 9.17) is 4.74 Å². The number of carbonyl (C=O) groups is 1. The van der Waals surface area contributed by atoms with E-state index in [1.54, 1.807) is 6.33 Å². The number of aromatic amines is 1. The molecule has 4 rings (SSSR count). The molecule has 0 bridgehead atoms. The van der Waals surface area contributed by atoms with Gasteiger partial charge in [-0.3, -0.25) is 4.79 Å². The Morgan fingerprint density at radius 1 is 1.28 bits per heavy atom. The predicted octanol–water partition coefficient (Wildman–Crippen LogP) is 2.04. The Balaban J connectivity index is 1.34. The zero-order valence-corrected chi connectivity index (χ0v) is 16.8. The van der Waals surface area contributed by atoms with Gasteiger partial charge in [-0.25, -0.2) is 15.0 Å². The molecule has 1 fully saturated rings. The minimum Gasteiger partial charge on any atom is -0.373 e. The van der Waals surface area contributed by atoms with Crippen molar-refractivity contribution < 1.29 is 9.53 Å². The van der Waals surface area contributed by atoms with Crippen molar-refractivity contribution in [1.82, 2.24) is 25.3 Å². The lowest BCUT2D eigenvalue weighted by Crippen LogP contribution is -2.48. The number of morpholine rings is 1. The first kappa shape index (κ1) is 19.3.